The van der Waals surface area contributed by atoms with E-state index in [2.05, 4.69) is 0 Å². The summed E-state index contributed by atoms with van der Waals surface area (Å²) in [4.78, 5) is 0. The number of hydrogen-bond acceptors (Lipinski definition) is 0. The van der Waals surface area contributed by atoms with E-state index in [0.29, 0.717) is 0 Å². The molecule has 1 fully saturated rings. The van der Waals surface area contributed by atoms with Gasteiger partial charge >= 0.3 is 5.92 Å². The summed E-state index contributed by atoms with van der Waals surface area (Å²) in [5.41, 5.74) is 0. The Labute approximate surface area is 58.2 Å². The van der Waals surface area contributed by atoms with E-state index in [1.54, 1.807) is 0 Å². The van der Waals surface area contributed by atoms with Crippen molar-refractivity contribution < 1.29 is 26.3 Å². The Kier molecular flexibility index (Phi) is 1.80. The summed E-state index contributed by atoms with van der Waals surface area (Å²) in [6, 6.07) is 0. The molecule has 0 aromatic rings. The second kappa shape index (κ2) is 2.28. The van der Waals surface area contributed by atoms with Gasteiger partial charge in [0.1, 0.15) is 0 Å². The van der Waals surface area contributed by atoms with E-state index >= 15 is 0 Å². The minimum atomic E-state index is -4.53. The summed E-state index contributed by atoms with van der Waals surface area (Å²) >= 11 is 0. The molecule has 4 atom stereocenters. The van der Waals surface area contributed by atoms with E-state index < -0.39 is 30.6 Å². The molecule has 0 spiro atoms. The van der Waals surface area contributed by atoms with E-state index in [0.717, 1.165) is 0 Å². The molecule has 4 unspecified atom stereocenters. The highest BCUT2D eigenvalue weighted by Gasteiger charge is 2.66. The van der Waals surface area contributed by atoms with E-state index in [4.69, 9.17) is 0 Å². The molecule has 1 aliphatic carbocycles. The molecule has 0 bridgehead atoms. The molecule has 1 rings (SSSR count). The lowest BCUT2D eigenvalue weighted by Crippen LogP contribution is -2.34. The van der Waals surface area contributed by atoms with E-state index in [1.807, 2.05) is 0 Å². The lowest BCUT2D eigenvalue weighted by molar-refractivity contribution is -0.105. The molecule has 11 heavy (non-hydrogen) atoms. The molecular weight excluding hydrogens is 174 g/mol. The van der Waals surface area contributed by atoms with Crippen molar-refractivity contribution >= 4 is 0 Å². The normalized spacial score (nSPS) is 49.6. The second-order valence-corrected chi connectivity index (χ2v) is 2.37. The van der Waals surface area contributed by atoms with Gasteiger partial charge in [-0.15, -0.1) is 0 Å². The topological polar surface area (TPSA) is 0 Å². The zero-order valence-corrected chi connectivity index (χ0v) is 5.08. The number of alkyl halides is 6. The zero-order valence-electron chi connectivity index (χ0n) is 5.08. The molecular formula is C5H4F6. The van der Waals surface area contributed by atoms with Gasteiger partial charge in [0.25, 0.3) is 0 Å². The van der Waals surface area contributed by atoms with Gasteiger partial charge < -0.3 is 0 Å². The average Bonchev–Trinajstić information content (AvgIpc) is 2.06. The highest BCUT2D eigenvalue weighted by atomic mass is 19.3. The van der Waals surface area contributed by atoms with Crippen molar-refractivity contribution in [2.24, 2.45) is 0 Å². The molecule has 0 aromatic carbocycles. The molecule has 0 nitrogen and oxygen atoms in total. The fourth-order valence-corrected chi connectivity index (χ4v) is 0.899. The maximum Gasteiger partial charge on any atom is 0.315 e. The van der Waals surface area contributed by atoms with Crippen LogP contribution in [0.5, 0.6) is 0 Å². The van der Waals surface area contributed by atoms with Crippen LogP contribution >= 0.6 is 0 Å². The van der Waals surface area contributed by atoms with Crippen LogP contribution in [-0.4, -0.2) is 30.6 Å². The summed E-state index contributed by atoms with van der Waals surface area (Å²) in [6.45, 7) is 0. The van der Waals surface area contributed by atoms with Crippen LogP contribution in [0.15, 0.2) is 0 Å². The first-order valence-electron chi connectivity index (χ1n) is 2.83. The monoisotopic (exact) mass is 178 g/mol. The first kappa shape index (κ1) is 8.67. The van der Waals surface area contributed by atoms with Gasteiger partial charge in [-0.1, -0.05) is 0 Å². The number of rotatable bonds is 0. The molecule has 1 aliphatic rings. The molecule has 0 radical (unpaired) electrons. The molecule has 0 saturated heterocycles. The third-order valence-electron chi connectivity index (χ3n) is 1.60. The van der Waals surface area contributed by atoms with Crippen LogP contribution in [0.25, 0.3) is 0 Å². The Hall–Kier alpha value is -0.420. The SMILES string of the molecule is FC1C(F)C(F)C(F)(F)C1F. The van der Waals surface area contributed by atoms with Crippen molar-refractivity contribution in [3.63, 3.8) is 0 Å². The first-order valence-corrected chi connectivity index (χ1v) is 2.83. The molecule has 0 heterocycles. The van der Waals surface area contributed by atoms with Gasteiger partial charge in [0.05, 0.1) is 0 Å². The van der Waals surface area contributed by atoms with Crippen LogP contribution in [0.3, 0.4) is 0 Å². The van der Waals surface area contributed by atoms with E-state index in [-0.39, 0.29) is 0 Å². The molecule has 66 valence electrons. The lowest BCUT2D eigenvalue weighted by Gasteiger charge is -2.12. The van der Waals surface area contributed by atoms with Crippen molar-refractivity contribution in [1.29, 1.82) is 0 Å². The maximum atomic E-state index is 12.0. The zero-order chi connectivity index (χ0) is 8.81. The first-order chi connectivity index (χ1) is 4.89. The van der Waals surface area contributed by atoms with Gasteiger partial charge in [-0.05, 0) is 0 Å². The Bertz CT molecular complexity index is 141. The van der Waals surface area contributed by atoms with Gasteiger partial charge in [-0.3, -0.25) is 0 Å². The van der Waals surface area contributed by atoms with Gasteiger partial charge in [0.2, 0.25) is 12.3 Å². The maximum absolute atomic E-state index is 12.0. The summed E-state index contributed by atoms with van der Waals surface area (Å²) in [5, 5.41) is 0. The molecule has 0 amide bonds. The molecule has 0 aliphatic heterocycles. The van der Waals surface area contributed by atoms with Crippen LogP contribution in [0.1, 0.15) is 0 Å². The number of halogens is 6. The highest BCUT2D eigenvalue weighted by Crippen LogP contribution is 2.42. The van der Waals surface area contributed by atoms with Gasteiger partial charge in [-0.25, -0.2) is 17.6 Å². The fraction of sp³-hybridized carbons (Fsp3) is 1.00. The fourth-order valence-electron chi connectivity index (χ4n) is 0.899. The minimum absolute atomic E-state index is 3.06. The van der Waals surface area contributed by atoms with Gasteiger partial charge in [-0.2, -0.15) is 8.78 Å². The predicted octanol–water partition coefficient (Wildman–Crippen LogP) is 1.99. The Morgan fingerprint density at radius 1 is 0.727 bits per heavy atom. The Morgan fingerprint density at radius 3 is 1.09 bits per heavy atom. The van der Waals surface area contributed by atoms with Crippen molar-refractivity contribution in [2.75, 3.05) is 0 Å². The predicted molar refractivity (Wildman–Crippen MR) is 24.5 cm³/mol. The lowest BCUT2D eigenvalue weighted by atomic mass is 10.2. The van der Waals surface area contributed by atoms with Gasteiger partial charge in [0.15, 0.2) is 12.3 Å². The molecule has 6 heteroatoms. The van der Waals surface area contributed by atoms with Crippen LogP contribution in [0.4, 0.5) is 26.3 Å². The van der Waals surface area contributed by atoms with Crippen molar-refractivity contribution in [3.05, 3.63) is 0 Å². The summed E-state index contributed by atoms with van der Waals surface area (Å²) in [6.07, 6.45) is -12.8. The van der Waals surface area contributed by atoms with Crippen LogP contribution in [-0.2, 0) is 0 Å². The largest absolute Gasteiger partial charge is 0.315 e. The summed E-state index contributed by atoms with van der Waals surface area (Å²) in [7, 11) is 0. The molecule has 1 saturated carbocycles. The van der Waals surface area contributed by atoms with Crippen molar-refractivity contribution in [3.8, 4) is 0 Å². The van der Waals surface area contributed by atoms with Crippen molar-refractivity contribution in [2.45, 2.75) is 30.6 Å². The standard InChI is InChI=1S/C5H4F6/c6-1-2(7)4(9)5(10,11)3(1)8/h1-4H. The second-order valence-electron chi connectivity index (χ2n) is 2.37. The number of hydrogen-bond donors (Lipinski definition) is 0. The van der Waals surface area contributed by atoms with Crippen LogP contribution < -0.4 is 0 Å². The summed E-state index contributed by atoms with van der Waals surface area (Å²) in [5.74, 6) is -4.53. The Morgan fingerprint density at radius 2 is 1.00 bits per heavy atom. The minimum Gasteiger partial charge on any atom is -0.241 e. The highest BCUT2D eigenvalue weighted by molar-refractivity contribution is 5.05. The van der Waals surface area contributed by atoms with Gasteiger partial charge in [0, 0.05) is 0 Å². The third kappa shape index (κ3) is 0.990. The smallest absolute Gasteiger partial charge is 0.241 e. The van der Waals surface area contributed by atoms with Crippen molar-refractivity contribution in [1.82, 2.24) is 0 Å². The molecule has 0 N–H and O–H groups in total. The molecule has 0 aromatic heterocycles. The third-order valence-corrected chi connectivity index (χ3v) is 1.60. The quantitative estimate of drug-likeness (QED) is 0.497. The summed E-state index contributed by atoms with van der Waals surface area (Å²) < 4.78 is 72.0. The van der Waals surface area contributed by atoms with E-state index in [1.165, 1.54) is 0 Å². The average molecular weight is 178 g/mol. The van der Waals surface area contributed by atoms with Crippen LogP contribution in [0.2, 0.25) is 0 Å². The van der Waals surface area contributed by atoms with Crippen LogP contribution in [0, 0.1) is 0 Å². The Balaban J connectivity index is 2.87. The van der Waals surface area contributed by atoms with E-state index in [9.17, 15) is 26.3 Å².